The lowest BCUT2D eigenvalue weighted by molar-refractivity contribution is -0.438. The Morgan fingerprint density at radius 1 is 1.15 bits per heavy atom. The van der Waals surface area contributed by atoms with E-state index in [-0.39, 0.29) is 6.04 Å². The monoisotopic (exact) mass is 274 g/mol. The van der Waals surface area contributed by atoms with E-state index in [4.69, 9.17) is 16.2 Å². The Bertz CT molecular complexity index is 496. The molecular weight excluding hydrogens is 248 g/mol. The van der Waals surface area contributed by atoms with Gasteiger partial charge < -0.3 is 16.2 Å². The number of fused-ring (bicyclic) bond motifs is 8. The maximum absolute atomic E-state index is 6.52. The topological polar surface area (TPSA) is 61.3 Å². The highest BCUT2D eigenvalue weighted by molar-refractivity contribution is 5.38. The fourth-order valence-corrected chi connectivity index (χ4v) is 8.47. The first kappa shape index (κ1) is 11.4. The van der Waals surface area contributed by atoms with Gasteiger partial charge in [-0.05, 0) is 73.5 Å². The summed E-state index contributed by atoms with van der Waals surface area (Å²) in [4.78, 5) is 0. The minimum absolute atomic E-state index is 0.245. The molecule has 7 unspecified atom stereocenters. The summed E-state index contributed by atoms with van der Waals surface area (Å²) in [7, 11) is 0. The molecule has 7 atom stereocenters. The van der Waals surface area contributed by atoms with Crippen molar-refractivity contribution in [1.82, 2.24) is 0 Å². The van der Waals surface area contributed by atoms with Gasteiger partial charge in [0.15, 0.2) is 0 Å². The van der Waals surface area contributed by atoms with E-state index in [2.05, 4.69) is 0 Å². The molecule has 3 nitrogen and oxygen atoms in total. The van der Waals surface area contributed by atoms with Crippen molar-refractivity contribution in [3.05, 3.63) is 0 Å². The molecule has 0 spiro atoms. The first-order valence-corrected chi connectivity index (χ1v) is 8.79. The second-order valence-corrected chi connectivity index (χ2v) is 8.92. The van der Waals surface area contributed by atoms with Gasteiger partial charge in [0.1, 0.15) is 0 Å². The molecule has 2 bridgehead atoms. The van der Waals surface area contributed by atoms with Crippen LogP contribution in [0.15, 0.2) is 0 Å². The second-order valence-electron chi connectivity index (χ2n) is 8.92. The van der Waals surface area contributed by atoms with E-state index >= 15 is 0 Å². The molecule has 0 aromatic carbocycles. The van der Waals surface area contributed by atoms with Crippen LogP contribution < -0.4 is 11.5 Å². The third kappa shape index (κ3) is 0.779. The van der Waals surface area contributed by atoms with Crippen LogP contribution >= 0.6 is 0 Å². The summed E-state index contributed by atoms with van der Waals surface area (Å²) in [5.74, 6) is 4.70. The van der Waals surface area contributed by atoms with Crippen molar-refractivity contribution in [2.75, 3.05) is 13.2 Å². The third-order valence-electron chi connectivity index (χ3n) is 9.18. The molecule has 0 aromatic heterocycles. The standard InChI is InChI=1S/C17H26N2O/c18-7-12(19)16-3-1-10(16)13-11-2-4-17(11,14(13)16)15-5-9(6-15)8-20-15/h9-14H,1-8,18-19H2. The van der Waals surface area contributed by atoms with Crippen molar-refractivity contribution in [2.45, 2.75) is 50.2 Å². The van der Waals surface area contributed by atoms with Crippen molar-refractivity contribution >= 4 is 0 Å². The number of nitrogens with two attached hydrogens (primary N) is 2. The molecule has 2 heterocycles. The van der Waals surface area contributed by atoms with Gasteiger partial charge in [-0.3, -0.25) is 0 Å². The summed E-state index contributed by atoms with van der Waals surface area (Å²) >= 11 is 0. The normalized spacial score (nSPS) is 69.0. The van der Waals surface area contributed by atoms with E-state index in [1.54, 1.807) is 0 Å². The Balaban J connectivity index is 1.42. The Morgan fingerprint density at radius 2 is 1.95 bits per heavy atom. The van der Waals surface area contributed by atoms with Crippen molar-refractivity contribution in [1.29, 1.82) is 0 Å². The van der Waals surface area contributed by atoms with Crippen molar-refractivity contribution < 1.29 is 4.74 Å². The van der Waals surface area contributed by atoms with Gasteiger partial charge in [0.25, 0.3) is 0 Å². The summed E-state index contributed by atoms with van der Waals surface area (Å²) in [6.07, 6.45) is 8.42. The summed E-state index contributed by atoms with van der Waals surface area (Å²) in [5.41, 5.74) is 13.8. The average Bonchev–Trinajstić information content (AvgIpc) is 2.95. The number of hydrogen-bond donors (Lipinski definition) is 2. The van der Waals surface area contributed by atoms with Gasteiger partial charge in [0, 0.05) is 18.0 Å². The zero-order valence-corrected chi connectivity index (χ0v) is 12.2. The van der Waals surface area contributed by atoms with Gasteiger partial charge >= 0.3 is 0 Å². The van der Waals surface area contributed by atoms with Gasteiger partial charge in [-0.15, -0.1) is 0 Å². The molecule has 0 radical (unpaired) electrons. The summed E-state index contributed by atoms with van der Waals surface area (Å²) < 4.78 is 6.39. The minimum atomic E-state index is 0.245. The van der Waals surface area contributed by atoms with Crippen molar-refractivity contribution in [2.24, 2.45) is 51.9 Å². The van der Waals surface area contributed by atoms with Crippen LogP contribution in [0.25, 0.3) is 0 Å². The average molecular weight is 274 g/mol. The smallest absolute Gasteiger partial charge is 0.0751 e. The summed E-state index contributed by atoms with van der Waals surface area (Å²) in [5, 5.41) is 0. The van der Waals surface area contributed by atoms with E-state index in [0.29, 0.717) is 23.0 Å². The highest BCUT2D eigenvalue weighted by atomic mass is 16.5. The molecule has 0 amide bonds. The molecule has 4 N–H and O–H groups in total. The fraction of sp³-hybridized carbons (Fsp3) is 1.00. The Morgan fingerprint density at radius 3 is 2.45 bits per heavy atom. The zero-order chi connectivity index (χ0) is 13.3. The predicted molar refractivity (Wildman–Crippen MR) is 75.7 cm³/mol. The molecular formula is C17H26N2O. The number of ether oxygens (including phenoxy) is 1. The van der Waals surface area contributed by atoms with E-state index < -0.39 is 0 Å². The van der Waals surface area contributed by atoms with Crippen LogP contribution in [0.1, 0.15) is 38.5 Å². The van der Waals surface area contributed by atoms with Gasteiger partial charge in [-0.1, -0.05) is 0 Å². The molecule has 2 saturated heterocycles. The van der Waals surface area contributed by atoms with Gasteiger partial charge in [0.05, 0.1) is 12.2 Å². The lowest BCUT2D eigenvalue weighted by Crippen LogP contribution is -2.89. The van der Waals surface area contributed by atoms with Gasteiger partial charge in [0.2, 0.25) is 0 Å². The molecule has 7 aliphatic rings. The molecule has 110 valence electrons. The van der Waals surface area contributed by atoms with E-state index in [0.717, 1.165) is 36.2 Å². The van der Waals surface area contributed by atoms with Crippen LogP contribution in [-0.4, -0.2) is 24.8 Å². The quantitative estimate of drug-likeness (QED) is 0.820. The van der Waals surface area contributed by atoms with E-state index in [9.17, 15) is 0 Å². The van der Waals surface area contributed by atoms with Crippen LogP contribution in [0.3, 0.4) is 0 Å². The Kier molecular flexibility index (Phi) is 1.72. The second kappa shape index (κ2) is 3.00. The van der Waals surface area contributed by atoms with Crippen molar-refractivity contribution in [3.63, 3.8) is 0 Å². The molecule has 2 aliphatic heterocycles. The van der Waals surface area contributed by atoms with E-state index in [1.807, 2.05) is 0 Å². The third-order valence-corrected chi connectivity index (χ3v) is 9.18. The number of rotatable bonds is 3. The fourth-order valence-electron chi connectivity index (χ4n) is 8.47. The lowest BCUT2D eigenvalue weighted by Gasteiger charge is -2.90. The zero-order valence-electron chi connectivity index (χ0n) is 12.2. The van der Waals surface area contributed by atoms with Crippen molar-refractivity contribution in [3.8, 4) is 0 Å². The molecule has 5 aliphatic carbocycles. The SMILES string of the molecule is NCC(N)C12CCC1C1C3CCC3(C34CC(CO3)C4)C12. The largest absolute Gasteiger partial charge is 0.374 e. The summed E-state index contributed by atoms with van der Waals surface area (Å²) in [6, 6.07) is 0.245. The molecule has 5 saturated carbocycles. The highest BCUT2D eigenvalue weighted by Gasteiger charge is 2.90. The minimum Gasteiger partial charge on any atom is -0.374 e. The maximum atomic E-state index is 6.52. The van der Waals surface area contributed by atoms with Crippen LogP contribution in [0, 0.1) is 40.4 Å². The molecule has 7 rings (SSSR count). The van der Waals surface area contributed by atoms with Gasteiger partial charge in [-0.2, -0.15) is 0 Å². The van der Waals surface area contributed by atoms with E-state index in [1.165, 1.54) is 38.5 Å². The first-order valence-electron chi connectivity index (χ1n) is 8.79. The molecule has 3 heteroatoms. The Labute approximate surface area is 120 Å². The van der Waals surface area contributed by atoms with Crippen LogP contribution in [0.4, 0.5) is 0 Å². The molecule has 7 fully saturated rings. The Hall–Kier alpha value is -0.120. The molecule has 0 aromatic rings. The highest BCUT2D eigenvalue weighted by Crippen LogP contribution is 2.91. The number of hydrogen-bond acceptors (Lipinski definition) is 3. The van der Waals surface area contributed by atoms with Crippen LogP contribution in [0.2, 0.25) is 0 Å². The predicted octanol–water partition coefficient (Wildman–Crippen LogP) is 1.50. The first-order chi connectivity index (χ1) is 9.70. The molecule has 20 heavy (non-hydrogen) atoms. The van der Waals surface area contributed by atoms with Crippen LogP contribution in [0.5, 0.6) is 0 Å². The van der Waals surface area contributed by atoms with Crippen LogP contribution in [-0.2, 0) is 4.74 Å². The summed E-state index contributed by atoms with van der Waals surface area (Å²) in [6.45, 7) is 1.72. The maximum Gasteiger partial charge on any atom is 0.0751 e. The van der Waals surface area contributed by atoms with Gasteiger partial charge in [-0.25, -0.2) is 0 Å². The lowest BCUT2D eigenvalue weighted by atomic mass is 9.14.